The Labute approximate surface area is 91.0 Å². The zero-order valence-electron chi connectivity index (χ0n) is 8.17. The van der Waals surface area contributed by atoms with Gasteiger partial charge in [0.25, 0.3) is 5.91 Å². The largest absolute Gasteiger partial charge is 0.349 e. The topological polar surface area (TPSA) is 46.6 Å². The summed E-state index contributed by atoms with van der Waals surface area (Å²) in [4.78, 5) is 27.5. The van der Waals surface area contributed by atoms with Gasteiger partial charge in [-0.3, -0.25) is 4.79 Å². The zero-order valence-corrected chi connectivity index (χ0v) is 9.76. The third-order valence-corrected chi connectivity index (χ3v) is 2.12. The van der Waals surface area contributed by atoms with Gasteiger partial charge in [-0.15, -0.1) is 5.06 Å². The number of halogens is 1. The molecule has 0 bridgehead atoms. The van der Waals surface area contributed by atoms with E-state index in [-0.39, 0.29) is 5.91 Å². The zero-order chi connectivity index (χ0) is 10.9. The van der Waals surface area contributed by atoms with Gasteiger partial charge in [0, 0.05) is 6.42 Å². The lowest BCUT2D eigenvalue weighted by Gasteiger charge is -2.20. The Morgan fingerprint density at radius 1 is 1.57 bits per heavy atom. The molecule has 0 aliphatic carbocycles. The van der Waals surface area contributed by atoms with Gasteiger partial charge in [0.15, 0.2) is 0 Å². The van der Waals surface area contributed by atoms with E-state index in [2.05, 4.69) is 22.5 Å². The van der Waals surface area contributed by atoms with Crippen LogP contribution in [-0.2, 0) is 14.4 Å². The van der Waals surface area contributed by atoms with E-state index in [9.17, 15) is 9.59 Å². The molecule has 1 saturated heterocycles. The van der Waals surface area contributed by atoms with Crippen molar-refractivity contribution in [3.63, 3.8) is 0 Å². The lowest BCUT2D eigenvalue weighted by Crippen LogP contribution is -2.35. The van der Waals surface area contributed by atoms with Crippen LogP contribution in [-0.4, -0.2) is 21.3 Å². The fourth-order valence-electron chi connectivity index (χ4n) is 0.938. The Balaban J connectivity index is 2.65. The van der Waals surface area contributed by atoms with Crippen LogP contribution < -0.4 is 0 Å². The summed E-state index contributed by atoms with van der Waals surface area (Å²) < 4.78 is -0.795. The third-order valence-electron chi connectivity index (χ3n) is 1.80. The monoisotopic (exact) mass is 261 g/mol. The normalized spacial score (nSPS) is 17.5. The average molecular weight is 262 g/mol. The van der Waals surface area contributed by atoms with Crippen LogP contribution in [0.2, 0.25) is 0 Å². The molecule has 1 fully saturated rings. The molecule has 0 saturated carbocycles. The van der Waals surface area contributed by atoms with Crippen LogP contribution in [0.3, 0.4) is 0 Å². The van der Waals surface area contributed by atoms with Crippen molar-refractivity contribution in [1.82, 2.24) is 5.06 Å². The number of hydrogen-bond donors (Lipinski definition) is 0. The van der Waals surface area contributed by atoms with E-state index in [1.807, 2.05) is 0 Å². The lowest BCUT2D eigenvalue weighted by atomic mass is 10.2. The minimum atomic E-state index is -0.795. The van der Waals surface area contributed by atoms with Crippen molar-refractivity contribution in [2.75, 3.05) is 0 Å². The number of hydrogen-bond acceptors (Lipinski definition) is 3. The highest BCUT2D eigenvalue weighted by atomic mass is 79.9. The summed E-state index contributed by atoms with van der Waals surface area (Å²) >= 11 is 3.15. The highest BCUT2D eigenvalue weighted by molar-refractivity contribution is 9.10. The number of rotatable bonds is 2. The second-order valence-corrected chi connectivity index (χ2v) is 5.59. The minimum Gasteiger partial charge on any atom is -0.332 e. The van der Waals surface area contributed by atoms with Crippen LogP contribution in [0.1, 0.15) is 26.7 Å². The van der Waals surface area contributed by atoms with Crippen LogP contribution in [0.4, 0.5) is 0 Å². The van der Waals surface area contributed by atoms with Crippen molar-refractivity contribution >= 4 is 27.8 Å². The first-order valence-corrected chi connectivity index (χ1v) is 5.03. The molecule has 0 N–H and O–H groups in total. The van der Waals surface area contributed by atoms with Gasteiger partial charge < -0.3 is 4.84 Å². The van der Waals surface area contributed by atoms with E-state index >= 15 is 0 Å². The second kappa shape index (κ2) is 3.73. The number of carbonyl (C=O) groups excluding carboxylic acids is 2. The van der Waals surface area contributed by atoms with Crippen molar-refractivity contribution in [3.05, 3.63) is 12.3 Å². The molecule has 1 amide bonds. The molecule has 0 aromatic rings. The van der Waals surface area contributed by atoms with Crippen molar-refractivity contribution < 1.29 is 14.4 Å². The summed E-state index contributed by atoms with van der Waals surface area (Å²) in [5.41, 5.74) is 0.528. The molecule has 1 aliphatic heterocycles. The van der Waals surface area contributed by atoms with Crippen LogP contribution >= 0.6 is 15.9 Å². The quantitative estimate of drug-likeness (QED) is 0.712. The predicted molar refractivity (Wildman–Crippen MR) is 54.3 cm³/mol. The van der Waals surface area contributed by atoms with Crippen LogP contribution in [0, 0.1) is 0 Å². The van der Waals surface area contributed by atoms with E-state index in [1.165, 1.54) is 0 Å². The molecule has 0 radical (unpaired) electrons. The van der Waals surface area contributed by atoms with E-state index in [0.29, 0.717) is 18.5 Å². The maximum absolute atomic E-state index is 11.4. The Morgan fingerprint density at radius 3 is 2.50 bits per heavy atom. The molecule has 0 atom stereocenters. The molecule has 0 aromatic heterocycles. The van der Waals surface area contributed by atoms with E-state index in [4.69, 9.17) is 4.84 Å². The van der Waals surface area contributed by atoms with Crippen LogP contribution in [0.25, 0.3) is 0 Å². The van der Waals surface area contributed by atoms with Gasteiger partial charge in [-0.1, -0.05) is 22.5 Å². The molecule has 1 aliphatic rings. The van der Waals surface area contributed by atoms with Crippen LogP contribution in [0.15, 0.2) is 12.3 Å². The number of allylic oxidation sites excluding steroid dienone is 1. The summed E-state index contributed by atoms with van der Waals surface area (Å²) in [7, 11) is 0. The molecule has 0 unspecified atom stereocenters. The van der Waals surface area contributed by atoms with Gasteiger partial charge in [0.2, 0.25) is 0 Å². The SMILES string of the molecule is C=C1CCC(=O)N1OC(=O)C(C)(C)Br. The highest BCUT2D eigenvalue weighted by Gasteiger charge is 2.33. The molecular weight excluding hydrogens is 250 g/mol. The van der Waals surface area contributed by atoms with Gasteiger partial charge in [-0.2, -0.15) is 0 Å². The average Bonchev–Trinajstić information content (AvgIpc) is 2.34. The number of hydroxylamine groups is 2. The summed E-state index contributed by atoms with van der Waals surface area (Å²) in [5.74, 6) is -0.728. The highest BCUT2D eigenvalue weighted by Crippen LogP contribution is 2.24. The molecule has 5 heteroatoms. The third kappa shape index (κ3) is 2.35. The molecule has 4 nitrogen and oxygen atoms in total. The minimum absolute atomic E-state index is 0.222. The van der Waals surface area contributed by atoms with Gasteiger partial charge >= 0.3 is 5.97 Å². The van der Waals surface area contributed by atoms with E-state index in [1.54, 1.807) is 13.8 Å². The summed E-state index contributed by atoms with van der Waals surface area (Å²) in [5, 5.41) is 0.978. The smallest absolute Gasteiger partial charge is 0.332 e. The fourth-order valence-corrected chi connectivity index (χ4v) is 1.01. The molecule has 78 valence electrons. The van der Waals surface area contributed by atoms with Crippen molar-refractivity contribution in [2.24, 2.45) is 0 Å². The van der Waals surface area contributed by atoms with E-state index in [0.717, 1.165) is 5.06 Å². The van der Waals surface area contributed by atoms with Gasteiger partial charge in [0.1, 0.15) is 4.32 Å². The summed E-state index contributed by atoms with van der Waals surface area (Å²) in [6.45, 7) is 6.94. The van der Waals surface area contributed by atoms with Crippen molar-refractivity contribution in [1.29, 1.82) is 0 Å². The predicted octanol–water partition coefficient (Wildman–Crippen LogP) is 1.75. The first-order chi connectivity index (χ1) is 6.32. The maximum atomic E-state index is 11.4. The maximum Gasteiger partial charge on any atom is 0.349 e. The van der Waals surface area contributed by atoms with Gasteiger partial charge in [-0.05, 0) is 20.3 Å². The molecular formula is C9H12BrNO3. The molecule has 0 aromatic carbocycles. The first kappa shape index (κ1) is 11.2. The Bertz CT molecular complexity index is 277. The first-order valence-electron chi connectivity index (χ1n) is 4.24. The Morgan fingerprint density at radius 2 is 2.14 bits per heavy atom. The summed E-state index contributed by atoms with van der Waals surface area (Å²) in [6, 6.07) is 0. The summed E-state index contributed by atoms with van der Waals surface area (Å²) in [6.07, 6.45) is 0.906. The van der Waals surface area contributed by atoms with Crippen LogP contribution in [0.5, 0.6) is 0 Å². The molecule has 1 heterocycles. The molecule has 0 spiro atoms. The standard InChI is InChI=1S/C9H12BrNO3/c1-6-4-5-7(12)11(6)14-8(13)9(2,3)10/h1,4-5H2,2-3H3. The van der Waals surface area contributed by atoms with Gasteiger partial charge in [-0.25, -0.2) is 4.79 Å². The van der Waals surface area contributed by atoms with E-state index < -0.39 is 10.3 Å². The number of nitrogens with zero attached hydrogens (tertiary/aromatic N) is 1. The van der Waals surface area contributed by atoms with Crippen molar-refractivity contribution in [3.8, 4) is 0 Å². The molecule has 14 heavy (non-hydrogen) atoms. The number of carbonyl (C=O) groups is 2. The Hall–Kier alpha value is -0.840. The Kier molecular flexibility index (Phi) is 2.99. The number of amides is 1. The lowest BCUT2D eigenvalue weighted by molar-refractivity contribution is -0.188. The fraction of sp³-hybridized carbons (Fsp3) is 0.556. The van der Waals surface area contributed by atoms with Gasteiger partial charge in [0.05, 0.1) is 5.70 Å². The van der Waals surface area contributed by atoms with Crippen molar-refractivity contribution in [2.45, 2.75) is 31.0 Å². The molecule has 1 rings (SSSR count). The number of alkyl halides is 1. The second-order valence-electron chi connectivity index (χ2n) is 3.61.